The number of benzene rings is 1. The SMILES string of the molecule is CC(C)c1nc(-c2ccccc2F)c(N)n1C(C)C. The smallest absolute Gasteiger partial charge is 0.132 e. The van der Waals surface area contributed by atoms with Crippen molar-refractivity contribution in [1.82, 2.24) is 9.55 Å². The standard InChI is InChI=1S/C15H20FN3/c1-9(2)15-18-13(14(17)19(15)10(3)4)11-7-5-6-8-12(11)16/h5-10H,17H2,1-4H3. The molecule has 0 fully saturated rings. The number of imidazole rings is 1. The van der Waals surface area contributed by atoms with Gasteiger partial charge in [-0.05, 0) is 26.0 Å². The number of nitrogen functional groups attached to an aromatic ring is 1. The number of halogens is 1. The summed E-state index contributed by atoms with van der Waals surface area (Å²) >= 11 is 0. The molecule has 0 saturated heterocycles. The zero-order chi connectivity index (χ0) is 14.2. The Morgan fingerprint density at radius 3 is 2.26 bits per heavy atom. The summed E-state index contributed by atoms with van der Waals surface area (Å²) < 4.78 is 15.9. The molecule has 0 aliphatic rings. The van der Waals surface area contributed by atoms with Crippen LogP contribution in [0.3, 0.4) is 0 Å². The van der Waals surface area contributed by atoms with Crippen LogP contribution < -0.4 is 5.73 Å². The summed E-state index contributed by atoms with van der Waals surface area (Å²) in [6.45, 7) is 8.22. The van der Waals surface area contributed by atoms with E-state index >= 15 is 0 Å². The van der Waals surface area contributed by atoms with Gasteiger partial charge >= 0.3 is 0 Å². The van der Waals surface area contributed by atoms with E-state index in [4.69, 9.17) is 5.73 Å². The van der Waals surface area contributed by atoms with Gasteiger partial charge in [0.15, 0.2) is 0 Å². The molecule has 2 aromatic rings. The van der Waals surface area contributed by atoms with Crippen molar-refractivity contribution in [2.24, 2.45) is 0 Å². The topological polar surface area (TPSA) is 43.8 Å². The molecule has 1 aromatic carbocycles. The summed E-state index contributed by atoms with van der Waals surface area (Å²) in [5.41, 5.74) is 7.17. The van der Waals surface area contributed by atoms with Gasteiger partial charge in [-0.3, -0.25) is 0 Å². The Hall–Kier alpha value is -1.84. The van der Waals surface area contributed by atoms with E-state index in [0.29, 0.717) is 17.1 Å². The minimum absolute atomic E-state index is 0.199. The fraction of sp³-hybridized carbons (Fsp3) is 0.400. The van der Waals surface area contributed by atoms with Gasteiger partial charge in [0.1, 0.15) is 23.2 Å². The van der Waals surface area contributed by atoms with Crippen LogP contribution in [0, 0.1) is 5.82 Å². The Kier molecular flexibility index (Phi) is 3.60. The molecular weight excluding hydrogens is 241 g/mol. The molecule has 0 amide bonds. The molecule has 0 radical (unpaired) electrons. The Labute approximate surface area is 113 Å². The summed E-state index contributed by atoms with van der Waals surface area (Å²) in [6, 6.07) is 6.80. The third-order valence-electron chi connectivity index (χ3n) is 3.14. The maximum atomic E-state index is 13.9. The van der Waals surface area contributed by atoms with E-state index in [2.05, 4.69) is 32.7 Å². The number of nitrogens with two attached hydrogens (primary N) is 1. The first-order valence-corrected chi connectivity index (χ1v) is 6.56. The van der Waals surface area contributed by atoms with Gasteiger partial charge in [0.2, 0.25) is 0 Å². The number of anilines is 1. The number of aromatic nitrogens is 2. The fourth-order valence-electron chi connectivity index (χ4n) is 2.26. The highest BCUT2D eigenvalue weighted by molar-refractivity contribution is 5.71. The number of hydrogen-bond donors (Lipinski definition) is 1. The van der Waals surface area contributed by atoms with Crippen molar-refractivity contribution in [1.29, 1.82) is 0 Å². The van der Waals surface area contributed by atoms with Crippen molar-refractivity contribution < 1.29 is 4.39 Å². The van der Waals surface area contributed by atoms with Crippen molar-refractivity contribution in [2.45, 2.75) is 39.7 Å². The van der Waals surface area contributed by atoms with Crippen LogP contribution in [-0.2, 0) is 0 Å². The molecule has 0 atom stereocenters. The Bertz CT molecular complexity index is 585. The van der Waals surface area contributed by atoms with E-state index in [0.717, 1.165) is 5.82 Å². The maximum absolute atomic E-state index is 13.9. The molecule has 0 saturated carbocycles. The van der Waals surface area contributed by atoms with Crippen molar-refractivity contribution in [2.75, 3.05) is 5.73 Å². The average molecular weight is 261 g/mol. The predicted octanol–water partition coefficient (Wildman–Crippen LogP) is 3.98. The van der Waals surface area contributed by atoms with E-state index < -0.39 is 0 Å². The molecule has 0 bridgehead atoms. The molecule has 19 heavy (non-hydrogen) atoms. The highest BCUT2D eigenvalue weighted by Crippen LogP contribution is 2.33. The molecule has 102 valence electrons. The van der Waals surface area contributed by atoms with Crippen LogP contribution in [0.15, 0.2) is 24.3 Å². The minimum atomic E-state index is -0.294. The van der Waals surface area contributed by atoms with Crippen LogP contribution in [0.2, 0.25) is 0 Å². The molecule has 0 aliphatic carbocycles. The van der Waals surface area contributed by atoms with Crippen LogP contribution in [0.25, 0.3) is 11.3 Å². The summed E-state index contributed by atoms with van der Waals surface area (Å²) in [5, 5.41) is 0. The molecule has 0 aliphatic heterocycles. The molecule has 0 unspecified atom stereocenters. The summed E-state index contributed by atoms with van der Waals surface area (Å²) in [4.78, 5) is 4.56. The average Bonchev–Trinajstić information content (AvgIpc) is 2.68. The van der Waals surface area contributed by atoms with Crippen LogP contribution in [-0.4, -0.2) is 9.55 Å². The number of nitrogens with zero attached hydrogens (tertiary/aromatic N) is 2. The van der Waals surface area contributed by atoms with Gasteiger partial charge in [-0.15, -0.1) is 0 Å². The van der Waals surface area contributed by atoms with Crippen LogP contribution >= 0.6 is 0 Å². The predicted molar refractivity (Wildman–Crippen MR) is 76.5 cm³/mol. The lowest BCUT2D eigenvalue weighted by Gasteiger charge is -2.15. The van der Waals surface area contributed by atoms with Crippen molar-refractivity contribution >= 4 is 5.82 Å². The van der Waals surface area contributed by atoms with E-state index in [9.17, 15) is 4.39 Å². The van der Waals surface area contributed by atoms with Crippen molar-refractivity contribution in [3.63, 3.8) is 0 Å². The molecule has 0 spiro atoms. The van der Waals surface area contributed by atoms with Gasteiger partial charge in [-0.1, -0.05) is 26.0 Å². The fourth-order valence-corrected chi connectivity index (χ4v) is 2.26. The maximum Gasteiger partial charge on any atom is 0.132 e. The van der Waals surface area contributed by atoms with Gasteiger partial charge in [0.05, 0.1) is 0 Å². The molecule has 1 heterocycles. The normalized spacial score (nSPS) is 11.5. The van der Waals surface area contributed by atoms with E-state index in [1.165, 1.54) is 6.07 Å². The van der Waals surface area contributed by atoms with Crippen LogP contribution in [0.5, 0.6) is 0 Å². The van der Waals surface area contributed by atoms with Crippen LogP contribution in [0.4, 0.5) is 10.2 Å². The third kappa shape index (κ3) is 2.35. The van der Waals surface area contributed by atoms with E-state index in [1.54, 1.807) is 18.2 Å². The van der Waals surface area contributed by atoms with Gasteiger partial charge in [-0.25, -0.2) is 9.37 Å². The Balaban J connectivity index is 2.67. The molecule has 4 heteroatoms. The third-order valence-corrected chi connectivity index (χ3v) is 3.14. The second-order valence-corrected chi connectivity index (χ2v) is 5.30. The van der Waals surface area contributed by atoms with E-state index in [1.807, 2.05) is 4.57 Å². The minimum Gasteiger partial charge on any atom is -0.383 e. The quantitative estimate of drug-likeness (QED) is 0.908. The van der Waals surface area contributed by atoms with Gasteiger partial charge < -0.3 is 10.3 Å². The molecule has 2 N–H and O–H groups in total. The zero-order valence-electron chi connectivity index (χ0n) is 11.8. The second kappa shape index (κ2) is 5.03. The monoisotopic (exact) mass is 261 g/mol. The first-order valence-electron chi connectivity index (χ1n) is 6.56. The highest BCUT2D eigenvalue weighted by Gasteiger charge is 2.21. The Morgan fingerprint density at radius 2 is 1.79 bits per heavy atom. The molecular formula is C15H20FN3. The lowest BCUT2D eigenvalue weighted by molar-refractivity contribution is 0.556. The number of rotatable bonds is 3. The van der Waals surface area contributed by atoms with Crippen molar-refractivity contribution in [3.05, 3.63) is 35.9 Å². The van der Waals surface area contributed by atoms with Gasteiger partial charge in [0.25, 0.3) is 0 Å². The lowest BCUT2D eigenvalue weighted by atomic mass is 10.1. The first-order chi connectivity index (χ1) is 8.93. The molecule has 3 nitrogen and oxygen atoms in total. The lowest BCUT2D eigenvalue weighted by Crippen LogP contribution is -2.10. The molecule has 1 aromatic heterocycles. The summed E-state index contributed by atoms with van der Waals surface area (Å²) in [5.74, 6) is 1.37. The zero-order valence-corrected chi connectivity index (χ0v) is 11.8. The van der Waals surface area contributed by atoms with Gasteiger partial charge in [-0.2, -0.15) is 0 Å². The van der Waals surface area contributed by atoms with Gasteiger partial charge in [0, 0.05) is 17.5 Å². The summed E-state index contributed by atoms with van der Waals surface area (Å²) in [6.07, 6.45) is 0. The summed E-state index contributed by atoms with van der Waals surface area (Å²) in [7, 11) is 0. The van der Waals surface area contributed by atoms with Crippen LogP contribution in [0.1, 0.15) is 45.5 Å². The van der Waals surface area contributed by atoms with Crippen molar-refractivity contribution in [3.8, 4) is 11.3 Å². The molecule has 2 rings (SSSR count). The first kappa shape index (κ1) is 13.6. The number of hydrogen-bond acceptors (Lipinski definition) is 2. The second-order valence-electron chi connectivity index (χ2n) is 5.30. The van der Waals surface area contributed by atoms with E-state index in [-0.39, 0.29) is 17.8 Å². The Morgan fingerprint density at radius 1 is 1.16 bits per heavy atom. The largest absolute Gasteiger partial charge is 0.383 e. The highest BCUT2D eigenvalue weighted by atomic mass is 19.1.